The van der Waals surface area contributed by atoms with Gasteiger partial charge >= 0.3 is 11.9 Å². The fourth-order valence-electron chi connectivity index (χ4n) is 3.03. The lowest BCUT2D eigenvalue weighted by molar-refractivity contribution is -0.315. The molecule has 12 heteroatoms. The lowest BCUT2D eigenvalue weighted by Crippen LogP contribution is -2.57. The Hall–Kier alpha value is -2.44. The molecule has 0 saturated carbocycles. The van der Waals surface area contributed by atoms with Crippen molar-refractivity contribution in [1.29, 1.82) is 0 Å². The van der Waals surface area contributed by atoms with Gasteiger partial charge in [0.15, 0.2) is 5.79 Å². The molecule has 0 aliphatic carbocycles. The summed E-state index contributed by atoms with van der Waals surface area (Å²) >= 11 is 0.946. The molecule has 1 fully saturated rings. The Labute approximate surface area is 203 Å². The summed E-state index contributed by atoms with van der Waals surface area (Å²) in [6.07, 6.45) is 2.02. The van der Waals surface area contributed by atoms with Crippen LogP contribution in [-0.2, 0) is 38.2 Å². The minimum absolute atomic E-state index is 0.0193. The second kappa shape index (κ2) is 14.1. The van der Waals surface area contributed by atoms with Crippen LogP contribution in [0.2, 0.25) is 0 Å². The second-order valence-electron chi connectivity index (χ2n) is 8.57. The van der Waals surface area contributed by atoms with Crippen molar-refractivity contribution in [3.63, 3.8) is 0 Å². The predicted molar refractivity (Wildman–Crippen MR) is 124 cm³/mol. The maximum atomic E-state index is 12.7. The summed E-state index contributed by atoms with van der Waals surface area (Å²) in [4.78, 5) is 57.9. The summed E-state index contributed by atoms with van der Waals surface area (Å²) in [6, 6.07) is 0. The molecule has 0 aromatic rings. The molecule has 1 unspecified atom stereocenters. The Bertz CT molecular complexity index is 784. The van der Waals surface area contributed by atoms with E-state index in [2.05, 4.69) is 15.4 Å². The Morgan fingerprint density at radius 1 is 1.09 bits per heavy atom. The number of hydrogen-bond donors (Lipinski definition) is 3. The van der Waals surface area contributed by atoms with Gasteiger partial charge in [0.05, 0.1) is 13.7 Å². The van der Waals surface area contributed by atoms with Gasteiger partial charge in [-0.25, -0.2) is 4.79 Å². The summed E-state index contributed by atoms with van der Waals surface area (Å²) in [5.74, 6) is -2.93. The number of esters is 1. The van der Waals surface area contributed by atoms with E-state index in [0.717, 1.165) is 23.9 Å². The summed E-state index contributed by atoms with van der Waals surface area (Å²) in [7, 11) is 1.21. The second-order valence-corrected chi connectivity index (χ2v) is 9.67. The number of hydrogen-bond acceptors (Lipinski definition) is 9. The van der Waals surface area contributed by atoms with Crippen LogP contribution in [0.15, 0.2) is 12.2 Å². The van der Waals surface area contributed by atoms with E-state index >= 15 is 0 Å². The number of thioether (sulfide) groups is 1. The largest absolute Gasteiger partial charge is 0.481 e. The van der Waals surface area contributed by atoms with Crippen LogP contribution in [-0.4, -0.2) is 78.4 Å². The van der Waals surface area contributed by atoms with Gasteiger partial charge in [0.25, 0.3) is 0 Å². The Balaban J connectivity index is 2.37. The number of aliphatic carboxylic acids is 1. The van der Waals surface area contributed by atoms with E-state index in [1.165, 1.54) is 7.11 Å². The molecular weight excluding hydrogens is 468 g/mol. The molecular formula is C22H34N2O9S. The number of carboxylic acid groups (broad SMARTS) is 1. The minimum atomic E-state index is -1.06. The molecule has 34 heavy (non-hydrogen) atoms. The van der Waals surface area contributed by atoms with Crippen molar-refractivity contribution in [2.45, 2.75) is 58.3 Å². The van der Waals surface area contributed by atoms with E-state index in [1.54, 1.807) is 6.92 Å². The number of carbonyl (C=O) groups is 5. The van der Waals surface area contributed by atoms with Crippen molar-refractivity contribution >= 4 is 40.6 Å². The molecule has 192 valence electrons. The first-order valence-corrected chi connectivity index (χ1v) is 11.9. The molecule has 0 aromatic carbocycles. The first kappa shape index (κ1) is 29.6. The standard InChI is InChI=1S/C22H34N2O9S/c1-21(2)14-32-22(3,10-5-6-16(26)27)33-19(21)20(30)24-11-9-15(25)23-12-13-34-18(29)8-7-17(28)31-4/h7-8,19H,5-6,9-14H2,1-4H3,(H,23,25)(H,24,30)(H,26,27)/b8-7+/t19-,22?/m0/s1. The van der Waals surface area contributed by atoms with Gasteiger partial charge in [0, 0.05) is 49.6 Å². The van der Waals surface area contributed by atoms with Crippen molar-refractivity contribution in [2.75, 3.05) is 32.6 Å². The zero-order valence-corrected chi connectivity index (χ0v) is 20.8. The van der Waals surface area contributed by atoms with Gasteiger partial charge < -0.3 is 30.0 Å². The third-order valence-corrected chi connectivity index (χ3v) is 5.79. The quantitative estimate of drug-likeness (QED) is 0.189. The molecule has 1 heterocycles. The number of methoxy groups -OCH3 is 1. The Kier molecular flexibility index (Phi) is 12.2. The maximum absolute atomic E-state index is 12.7. The SMILES string of the molecule is COC(=O)/C=C/C(=O)SCCNC(=O)CCNC(=O)[C@@H]1OC(C)(CCCC(=O)O)OCC1(C)C. The normalized spacial score (nSPS) is 21.6. The predicted octanol–water partition coefficient (Wildman–Crippen LogP) is 1.01. The lowest BCUT2D eigenvalue weighted by atomic mass is 9.85. The smallest absolute Gasteiger partial charge is 0.330 e. The van der Waals surface area contributed by atoms with Gasteiger partial charge in [-0.2, -0.15) is 0 Å². The van der Waals surface area contributed by atoms with Gasteiger partial charge in [-0.3, -0.25) is 19.2 Å². The molecule has 0 radical (unpaired) electrons. The number of ether oxygens (including phenoxy) is 3. The Morgan fingerprint density at radius 3 is 2.44 bits per heavy atom. The molecule has 0 spiro atoms. The van der Waals surface area contributed by atoms with Crippen LogP contribution in [0.1, 0.15) is 46.5 Å². The highest BCUT2D eigenvalue weighted by Gasteiger charge is 2.47. The molecule has 3 N–H and O–H groups in total. The van der Waals surface area contributed by atoms with Crippen molar-refractivity contribution in [3.05, 3.63) is 12.2 Å². The van der Waals surface area contributed by atoms with Crippen molar-refractivity contribution in [1.82, 2.24) is 10.6 Å². The molecule has 0 aromatic heterocycles. The van der Waals surface area contributed by atoms with E-state index < -0.39 is 29.2 Å². The number of rotatable bonds is 13. The molecule has 1 aliphatic rings. The molecule has 1 rings (SSSR count). The van der Waals surface area contributed by atoms with Crippen molar-refractivity contribution in [3.8, 4) is 0 Å². The van der Waals surface area contributed by atoms with Gasteiger partial charge in [0.2, 0.25) is 16.9 Å². The lowest BCUT2D eigenvalue weighted by Gasteiger charge is -2.46. The van der Waals surface area contributed by atoms with Crippen LogP contribution in [0.3, 0.4) is 0 Å². The molecule has 2 atom stereocenters. The number of nitrogens with one attached hydrogen (secondary N) is 2. The molecule has 1 aliphatic heterocycles. The van der Waals surface area contributed by atoms with E-state index in [1.807, 2.05) is 13.8 Å². The maximum Gasteiger partial charge on any atom is 0.330 e. The van der Waals surface area contributed by atoms with Crippen molar-refractivity contribution in [2.24, 2.45) is 5.41 Å². The highest BCUT2D eigenvalue weighted by Crippen LogP contribution is 2.37. The van der Waals surface area contributed by atoms with Gasteiger partial charge in [-0.15, -0.1) is 0 Å². The van der Waals surface area contributed by atoms with Crippen LogP contribution in [0.5, 0.6) is 0 Å². The van der Waals surface area contributed by atoms with E-state index in [9.17, 15) is 24.0 Å². The van der Waals surface area contributed by atoms with E-state index in [4.69, 9.17) is 14.6 Å². The fourth-order valence-corrected chi connectivity index (χ4v) is 3.60. The zero-order chi connectivity index (χ0) is 25.8. The van der Waals surface area contributed by atoms with Crippen LogP contribution in [0, 0.1) is 5.41 Å². The van der Waals surface area contributed by atoms with Crippen molar-refractivity contribution < 1.29 is 43.3 Å². The first-order chi connectivity index (χ1) is 15.9. The topological polar surface area (TPSA) is 157 Å². The summed E-state index contributed by atoms with van der Waals surface area (Å²) in [6.45, 7) is 5.97. The Morgan fingerprint density at radius 2 is 1.79 bits per heavy atom. The summed E-state index contributed by atoms with van der Waals surface area (Å²) < 4.78 is 16.1. The highest BCUT2D eigenvalue weighted by molar-refractivity contribution is 8.14. The van der Waals surface area contributed by atoms with Crippen LogP contribution in [0.25, 0.3) is 0 Å². The summed E-state index contributed by atoms with van der Waals surface area (Å²) in [5.41, 5.74) is -0.606. The molecule has 1 saturated heterocycles. The van der Waals surface area contributed by atoms with Crippen LogP contribution < -0.4 is 10.6 Å². The van der Waals surface area contributed by atoms with E-state index in [0.29, 0.717) is 18.6 Å². The third kappa shape index (κ3) is 11.1. The van der Waals surface area contributed by atoms with Gasteiger partial charge in [-0.1, -0.05) is 25.6 Å². The molecule has 11 nitrogen and oxygen atoms in total. The average Bonchev–Trinajstić information content (AvgIpc) is 2.76. The van der Waals surface area contributed by atoms with E-state index in [-0.39, 0.29) is 49.5 Å². The number of carbonyl (C=O) groups excluding carboxylic acids is 4. The van der Waals surface area contributed by atoms with Gasteiger partial charge in [0.1, 0.15) is 6.10 Å². The van der Waals surface area contributed by atoms with Gasteiger partial charge in [-0.05, 0) is 19.4 Å². The molecule has 2 amide bonds. The fraction of sp³-hybridized carbons (Fsp3) is 0.682. The number of carboxylic acids is 1. The molecule has 0 bridgehead atoms. The first-order valence-electron chi connectivity index (χ1n) is 10.9. The third-order valence-electron chi connectivity index (χ3n) is 4.96. The average molecular weight is 503 g/mol. The zero-order valence-electron chi connectivity index (χ0n) is 20.0. The monoisotopic (exact) mass is 502 g/mol. The summed E-state index contributed by atoms with van der Waals surface area (Å²) in [5, 5.41) is 13.8. The minimum Gasteiger partial charge on any atom is -0.481 e. The van der Waals surface area contributed by atoms with Crippen LogP contribution >= 0.6 is 11.8 Å². The van der Waals surface area contributed by atoms with Crippen LogP contribution in [0.4, 0.5) is 0 Å². The number of amides is 2. The highest BCUT2D eigenvalue weighted by atomic mass is 32.2.